The van der Waals surface area contributed by atoms with Crippen molar-refractivity contribution >= 4 is 0 Å². The highest BCUT2D eigenvalue weighted by Crippen LogP contribution is 2.18. The van der Waals surface area contributed by atoms with E-state index in [9.17, 15) is 10.1 Å². The fourth-order valence-corrected chi connectivity index (χ4v) is 2.16. The Bertz CT molecular complexity index is 422. The third kappa shape index (κ3) is 3.67. The van der Waals surface area contributed by atoms with Crippen LogP contribution in [0.15, 0.2) is 42.1 Å². The van der Waals surface area contributed by atoms with Crippen molar-refractivity contribution in [3.8, 4) is 0 Å². The molecule has 2 rings (SSSR count). The van der Waals surface area contributed by atoms with Crippen molar-refractivity contribution in [3.05, 3.63) is 57.8 Å². The number of rotatable bonds is 4. The molecule has 0 N–H and O–H groups in total. The summed E-state index contributed by atoms with van der Waals surface area (Å²) in [5, 5.41) is 11.1. The van der Waals surface area contributed by atoms with Gasteiger partial charge in [0.2, 0.25) is 5.70 Å². The normalized spacial score (nSPS) is 20.7. The third-order valence-corrected chi connectivity index (χ3v) is 3.09. The van der Waals surface area contributed by atoms with Crippen LogP contribution in [0.4, 0.5) is 0 Å². The maximum Gasteiger partial charge on any atom is 0.247 e. The summed E-state index contributed by atoms with van der Waals surface area (Å²) in [6, 6.07) is 9.53. The van der Waals surface area contributed by atoms with Gasteiger partial charge in [-0.3, -0.25) is 10.1 Å². The number of benzene rings is 1. The van der Waals surface area contributed by atoms with Crippen molar-refractivity contribution in [2.24, 2.45) is 5.92 Å². The minimum Gasteiger partial charge on any atom is -0.381 e. The van der Waals surface area contributed by atoms with E-state index in [1.165, 1.54) is 0 Å². The lowest BCUT2D eigenvalue weighted by molar-refractivity contribution is -0.427. The number of hydrogen-bond acceptors (Lipinski definition) is 3. The van der Waals surface area contributed by atoms with Crippen molar-refractivity contribution in [1.29, 1.82) is 0 Å². The average molecular weight is 247 g/mol. The van der Waals surface area contributed by atoms with Gasteiger partial charge in [-0.05, 0) is 24.5 Å². The summed E-state index contributed by atoms with van der Waals surface area (Å²) in [6.45, 7) is 1.38. The number of nitro groups is 1. The zero-order valence-electron chi connectivity index (χ0n) is 10.2. The largest absolute Gasteiger partial charge is 0.381 e. The molecule has 1 aromatic rings. The van der Waals surface area contributed by atoms with Gasteiger partial charge < -0.3 is 4.74 Å². The van der Waals surface area contributed by atoms with Crippen LogP contribution in [0.3, 0.4) is 0 Å². The quantitative estimate of drug-likeness (QED) is 0.607. The molecule has 0 radical (unpaired) electrons. The van der Waals surface area contributed by atoms with E-state index < -0.39 is 0 Å². The Morgan fingerprint density at radius 1 is 1.44 bits per heavy atom. The highest BCUT2D eigenvalue weighted by atomic mass is 16.6. The summed E-state index contributed by atoms with van der Waals surface area (Å²) in [7, 11) is 0. The Hall–Kier alpha value is -1.68. The van der Waals surface area contributed by atoms with Crippen molar-refractivity contribution in [2.75, 3.05) is 13.2 Å². The van der Waals surface area contributed by atoms with Gasteiger partial charge in [-0.2, -0.15) is 0 Å². The maximum atomic E-state index is 11.1. The van der Waals surface area contributed by atoms with Crippen molar-refractivity contribution in [1.82, 2.24) is 0 Å². The molecule has 1 aromatic carbocycles. The van der Waals surface area contributed by atoms with Gasteiger partial charge in [0.25, 0.3) is 0 Å². The molecule has 1 fully saturated rings. The number of nitrogens with zero attached hydrogens (tertiary/aromatic N) is 1. The Morgan fingerprint density at radius 2 is 2.22 bits per heavy atom. The average Bonchev–Trinajstić information content (AvgIpc) is 2.40. The molecule has 0 aliphatic carbocycles. The zero-order chi connectivity index (χ0) is 12.8. The predicted molar refractivity (Wildman–Crippen MR) is 68.8 cm³/mol. The monoisotopic (exact) mass is 247 g/mol. The van der Waals surface area contributed by atoms with E-state index in [-0.39, 0.29) is 16.5 Å². The van der Waals surface area contributed by atoms with E-state index in [2.05, 4.69) is 0 Å². The van der Waals surface area contributed by atoms with Gasteiger partial charge in [0.15, 0.2) is 0 Å². The molecule has 1 saturated heterocycles. The van der Waals surface area contributed by atoms with Gasteiger partial charge >= 0.3 is 0 Å². The molecule has 4 nitrogen and oxygen atoms in total. The van der Waals surface area contributed by atoms with Gasteiger partial charge in [0.05, 0.1) is 18.0 Å². The molecule has 4 heteroatoms. The highest BCUT2D eigenvalue weighted by Gasteiger charge is 2.18. The Labute approximate surface area is 106 Å². The van der Waals surface area contributed by atoms with Crippen LogP contribution in [0.25, 0.3) is 0 Å². The number of ether oxygens (including phenoxy) is 1. The van der Waals surface area contributed by atoms with Gasteiger partial charge in [0, 0.05) is 12.5 Å². The lowest BCUT2D eigenvalue weighted by Crippen LogP contribution is -2.17. The minimum atomic E-state index is -0.276. The predicted octanol–water partition coefficient (Wildman–Crippen LogP) is 2.82. The van der Waals surface area contributed by atoms with Crippen LogP contribution in [-0.2, 0) is 11.2 Å². The standard InChI is InChI=1S/C14H17NO3/c16-15(17)14(9-12-5-2-1-3-6-12)10-13-7-4-8-18-11-13/h1-3,5-6,10,13H,4,7-9,11H2/b14-10-. The molecular weight excluding hydrogens is 230 g/mol. The van der Waals surface area contributed by atoms with Crippen molar-refractivity contribution < 1.29 is 9.66 Å². The molecule has 1 unspecified atom stereocenters. The summed E-state index contributed by atoms with van der Waals surface area (Å²) in [4.78, 5) is 10.8. The van der Waals surface area contributed by atoms with E-state index in [1.54, 1.807) is 6.08 Å². The van der Waals surface area contributed by atoms with Crippen LogP contribution < -0.4 is 0 Å². The van der Waals surface area contributed by atoms with Crippen molar-refractivity contribution in [3.63, 3.8) is 0 Å². The van der Waals surface area contributed by atoms with Gasteiger partial charge in [-0.15, -0.1) is 0 Å². The van der Waals surface area contributed by atoms with E-state index in [1.807, 2.05) is 30.3 Å². The number of allylic oxidation sites excluding steroid dienone is 1. The molecule has 0 saturated carbocycles. The summed E-state index contributed by atoms with van der Waals surface area (Å²) in [5.41, 5.74) is 1.24. The van der Waals surface area contributed by atoms with Crippen LogP contribution in [0.5, 0.6) is 0 Å². The van der Waals surface area contributed by atoms with Crippen LogP contribution in [0.1, 0.15) is 18.4 Å². The second-order valence-corrected chi connectivity index (χ2v) is 4.55. The Kier molecular flexibility index (Phi) is 4.47. The van der Waals surface area contributed by atoms with E-state index in [4.69, 9.17) is 4.74 Å². The van der Waals surface area contributed by atoms with E-state index in [0.717, 1.165) is 25.0 Å². The van der Waals surface area contributed by atoms with E-state index in [0.29, 0.717) is 13.0 Å². The molecule has 1 aliphatic heterocycles. The zero-order valence-corrected chi connectivity index (χ0v) is 10.2. The molecule has 0 bridgehead atoms. The van der Waals surface area contributed by atoms with E-state index >= 15 is 0 Å². The topological polar surface area (TPSA) is 52.4 Å². The van der Waals surface area contributed by atoms with Crippen LogP contribution in [0.2, 0.25) is 0 Å². The first-order valence-electron chi connectivity index (χ1n) is 6.22. The lowest BCUT2D eigenvalue weighted by Gasteiger charge is -2.18. The second kappa shape index (κ2) is 6.31. The molecular formula is C14H17NO3. The smallest absolute Gasteiger partial charge is 0.247 e. The van der Waals surface area contributed by atoms with Gasteiger partial charge in [-0.1, -0.05) is 30.3 Å². The Balaban J connectivity index is 2.08. The van der Waals surface area contributed by atoms with Gasteiger partial charge in [0.1, 0.15) is 0 Å². The summed E-state index contributed by atoms with van der Waals surface area (Å²) in [5.74, 6) is 0.183. The lowest BCUT2D eigenvalue weighted by atomic mass is 9.99. The fraction of sp³-hybridized carbons (Fsp3) is 0.429. The summed E-state index contributed by atoms with van der Waals surface area (Å²) in [6.07, 6.45) is 4.11. The number of hydrogen-bond donors (Lipinski definition) is 0. The second-order valence-electron chi connectivity index (χ2n) is 4.55. The molecule has 18 heavy (non-hydrogen) atoms. The maximum absolute atomic E-state index is 11.1. The molecule has 1 heterocycles. The first kappa shape index (κ1) is 12.8. The summed E-state index contributed by atoms with van der Waals surface area (Å²) >= 11 is 0. The fourth-order valence-electron chi connectivity index (χ4n) is 2.16. The summed E-state index contributed by atoms with van der Waals surface area (Å²) < 4.78 is 5.35. The molecule has 0 aromatic heterocycles. The SMILES string of the molecule is O=[N+]([O-])/C(=C\C1CCCOC1)Cc1ccccc1. The first-order valence-corrected chi connectivity index (χ1v) is 6.22. The minimum absolute atomic E-state index is 0.183. The highest BCUT2D eigenvalue weighted by molar-refractivity contribution is 5.19. The van der Waals surface area contributed by atoms with Crippen molar-refractivity contribution in [2.45, 2.75) is 19.3 Å². The molecule has 0 spiro atoms. The Morgan fingerprint density at radius 3 is 2.83 bits per heavy atom. The first-order chi connectivity index (χ1) is 8.75. The van der Waals surface area contributed by atoms with Crippen LogP contribution in [0, 0.1) is 16.0 Å². The molecule has 0 amide bonds. The van der Waals surface area contributed by atoms with Crippen LogP contribution in [-0.4, -0.2) is 18.1 Å². The van der Waals surface area contributed by atoms with Crippen LogP contribution >= 0.6 is 0 Å². The molecule has 1 atom stereocenters. The molecule has 96 valence electrons. The van der Waals surface area contributed by atoms with Gasteiger partial charge in [-0.25, -0.2) is 0 Å². The third-order valence-electron chi connectivity index (χ3n) is 3.09. The molecule has 1 aliphatic rings.